The molecule has 0 spiro atoms. The number of benzene rings is 1. The molecule has 0 radical (unpaired) electrons. The fourth-order valence-corrected chi connectivity index (χ4v) is 3.68. The maximum atomic E-state index is 12.4. The van der Waals surface area contributed by atoms with E-state index in [2.05, 4.69) is 0 Å². The smallest absolute Gasteiger partial charge is 0.306 e. The van der Waals surface area contributed by atoms with Gasteiger partial charge in [-0.15, -0.1) is 11.3 Å². The van der Waals surface area contributed by atoms with Gasteiger partial charge in [-0.1, -0.05) is 0 Å². The highest BCUT2D eigenvalue weighted by atomic mass is 32.1. The van der Waals surface area contributed by atoms with Gasteiger partial charge in [0, 0.05) is 17.7 Å². The fraction of sp³-hybridized carbons (Fsp3) is 0.500. The zero-order chi connectivity index (χ0) is 19.3. The molecule has 0 atom stereocenters. The Morgan fingerprint density at radius 3 is 2.50 bits per heavy atom. The molecular weight excluding hydrogens is 352 g/mol. The van der Waals surface area contributed by atoms with Crippen molar-refractivity contribution in [1.29, 1.82) is 0 Å². The molecule has 0 aliphatic rings. The Labute approximate surface area is 157 Å². The van der Waals surface area contributed by atoms with Crippen LogP contribution in [0, 0.1) is 0 Å². The summed E-state index contributed by atoms with van der Waals surface area (Å²) in [6.07, 6.45) is 1.59. The highest BCUT2D eigenvalue weighted by Crippen LogP contribution is 2.33. The summed E-state index contributed by atoms with van der Waals surface area (Å²) in [5.41, 5.74) is 0.471. The van der Waals surface area contributed by atoms with E-state index in [0.29, 0.717) is 17.7 Å². The van der Waals surface area contributed by atoms with Crippen molar-refractivity contribution in [1.82, 2.24) is 0 Å². The predicted octanol–water partition coefficient (Wildman–Crippen LogP) is 4.14. The number of hydrogen-bond donors (Lipinski definition) is 1. The first-order chi connectivity index (χ1) is 12.2. The maximum Gasteiger partial charge on any atom is 0.306 e. The van der Waals surface area contributed by atoms with Gasteiger partial charge in [0.15, 0.2) is 5.78 Å². The molecule has 6 heteroatoms. The number of carbonyl (C=O) groups excluding carboxylic acids is 2. The Bertz CT molecular complexity index is 785. The van der Waals surface area contributed by atoms with Crippen molar-refractivity contribution in [3.63, 3.8) is 0 Å². The van der Waals surface area contributed by atoms with Crippen LogP contribution < -0.4 is 4.74 Å². The van der Waals surface area contributed by atoms with Gasteiger partial charge in [-0.25, -0.2) is 0 Å². The number of hydrogen-bond acceptors (Lipinski definition) is 6. The number of methoxy groups -OCH3 is 1. The topological polar surface area (TPSA) is 72.8 Å². The molecule has 0 bridgehead atoms. The van der Waals surface area contributed by atoms with Crippen LogP contribution in [0.1, 0.15) is 55.3 Å². The van der Waals surface area contributed by atoms with Crippen LogP contribution in [0.2, 0.25) is 0 Å². The van der Waals surface area contributed by atoms with E-state index >= 15 is 0 Å². The van der Waals surface area contributed by atoms with Crippen molar-refractivity contribution in [2.24, 2.45) is 0 Å². The van der Waals surface area contributed by atoms with Crippen molar-refractivity contribution < 1.29 is 24.2 Å². The van der Waals surface area contributed by atoms with E-state index in [-0.39, 0.29) is 31.2 Å². The number of fused-ring (bicyclic) bond motifs is 1. The minimum atomic E-state index is -0.542. The van der Waals surface area contributed by atoms with Crippen molar-refractivity contribution in [3.05, 3.63) is 28.6 Å². The van der Waals surface area contributed by atoms with Crippen LogP contribution in [0.4, 0.5) is 0 Å². The van der Waals surface area contributed by atoms with Gasteiger partial charge in [-0.2, -0.15) is 0 Å². The van der Waals surface area contributed by atoms with Crippen LogP contribution in [0.5, 0.6) is 5.75 Å². The summed E-state index contributed by atoms with van der Waals surface area (Å²) in [5, 5.41) is 10.0. The van der Waals surface area contributed by atoms with Gasteiger partial charge in [0.2, 0.25) is 0 Å². The molecule has 0 unspecified atom stereocenters. The minimum absolute atomic E-state index is 0.0621. The van der Waals surface area contributed by atoms with Crippen molar-refractivity contribution in [2.75, 3.05) is 13.7 Å². The zero-order valence-corrected chi connectivity index (χ0v) is 16.6. The predicted molar refractivity (Wildman–Crippen MR) is 103 cm³/mol. The molecule has 0 fully saturated rings. The molecule has 2 aromatic rings. The normalized spacial score (nSPS) is 11.6. The van der Waals surface area contributed by atoms with Crippen molar-refractivity contribution in [3.8, 4) is 5.75 Å². The molecule has 5 nitrogen and oxygen atoms in total. The number of aliphatic hydroxyl groups is 1. The van der Waals surface area contributed by atoms with E-state index in [9.17, 15) is 9.59 Å². The third kappa shape index (κ3) is 5.54. The van der Waals surface area contributed by atoms with Gasteiger partial charge in [0.1, 0.15) is 11.4 Å². The number of ketones is 1. The monoisotopic (exact) mass is 378 g/mol. The molecule has 142 valence electrons. The molecule has 0 saturated heterocycles. The first kappa shape index (κ1) is 20.4. The fourth-order valence-electron chi connectivity index (χ4n) is 2.64. The Kier molecular flexibility index (Phi) is 6.78. The maximum absolute atomic E-state index is 12.4. The van der Waals surface area contributed by atoms with Crippen molar-refractivity contribution >= 4 is 33.2 Å². The summed E-state index contributed by atoms with van der Waals surface area (Å²) in [5.74, 6) is 0.341. The van der Waals surface area contributed by atoms with E-state index < -0.39 is 5.60 Å². The SMILES string of the molecule is COc1cc2sc(C(=O)CCC(=O)OC(C)(C)C)cc2cc1CCCO. The Hall–Kier alpha value is -1.92. The molecule has 1 aromatic heterocycles. The average molecular weight is 378 g/mol. The largest absolute Gasteiger partial charge is 0.496 e. The van der Waals surface area contributed by atoms with E-state index in [4.69, 9.17) is 14.6 Å². The summed E-state index contributed by atoms with van der Waals surface area (Å²) in [6, 6.07) is 5.79. The number of carbonyl (C=O) groups is 2. The first-order valence-electron chi connectivity index (χ1n) is 8.70. The van der Waals surface area contributed by atoms with Crippen molar-refractivity contribution in [2.45, 2.75) is 52.1 Å². The standard InChI is InChI=1S/C20H26O5S/c1-20(2,3)25-19(23)8-7-15(22)18-11-14-10-13(6-5-9-21)16(24-4)12-17(14)26-18/h10-12,21H,5-9H2,1-4H3. The Balaban J connectivity index is 2.12. The number of aryl methyl sites for hydroxylation is 1. The lowest BCUT2D eigenvalue weighted by Crippen LogP contribution is -2.24. The van der Waals surface area contributed by atoms with Gasteiger partial charge in [0.25, 0.3) is 0 Å². The van der Waals surface area contributed by atoms with E-state index in [1.165, 1.54) is 11.3 Å². The number of aliphatic hydroxyl groups excluding tert-OH is 1. The van der Waals surface area contributed by atoms with Crippen LogP contribution >= 0.6 is 11.3 Å². The number of Topliss-reactive ketones (excluding diaryl/α,β-unsaturated/α-hetero) is 1. The molecule has 26 heavy (non-hydrogen) atoms. The highest BCUT2D eigenvalue weighted by Gasteiger charge is 2.19. The molecular formula is C20H26O5S. The van der Waals surface area contributed by atoms with Gasteiger partial charge in [-0.05, 0) is 62.8 Å². The molecule has 1 aromatic carbocycles. The summed E-state index contributed by atoms with van der Waals surface area (Å²) in [6.45, 7) is 5.54. The molecule has 0 amide bonds. The molecule has 2 rings (SSSR count). The summed E-state index contributed by atoms with van der Waals surface area (Å²) in [4.78, 5) is 24.9. The molecule has 1 heterocycles. The first-order valence-corrected chi connectivity index (χ1v) is 9.51. The van der Waals surface area contributed by atoms with Crippen LogP contribution in [0.3, 0.4) is 0 Å². The Morgan fingerprint density at radius 2 is 1.88 bits per heavy atom. The number of esters is 1. The Morgan fingerprint density at radius 1 is 1.15 bits per heavy atom. The van der Waals surface area contributed by atoms with E-state index in [1.54, 1.807) is 27.9 Å². The van der Waals surface area contributed by atoms with Gasteiger partial charge < -0.3 is 14.6 Å². The molecule has 0 saturated carbocycles. The van der Waals surface area contributed by atoms with Gasteiger partial charge in [0.05, 0.1) is 18.4 Å². The lowest BCUT2D eigenvalue weighted by atomic mass is 10.1. The lowest BCUT2D eigenvalue weighted by molar-refractivity contribution is -0.154. The number of thiophene rings is 1. The number of rotatable bonds is 8. The van der Waals surface area contributed by atoms with Gasteiger partial charge >= 0.3 is 5.97 Å². The summed E-state index contributed by atoms with van der Waals surface area (Å²) in [7, 11) is 1.62. The lowest BCUT2D eigenvalue weighted by Gasteiger charge is -2.19. The quantitative estimate of drug-likeness (QED) is 0.552. The van der Waals surface area contributed by atoms with Gasteiger partial charge in [-0.3, -0.25) is 9.59 Å². The zero-order valence-electron chi connectivity index (χ0n) is 15.8. The second-order valence-electron chi connectivity index (χ2n) is 7.15. The van der Waals surface area contributed by atoms with Crippen LogP contribution in [-0.2, 0) is 16.0 Å². The van der Waals surface area contributed by atoms with Crippen LogP contribution in [0.25, 0.3) is 10.1 Å². The van der Waals surface area contributed by atoms with Crippen LogP contribution in [-0.4, -0.2) is 36.2 Å². The molecule has 0 aliphatic heterocycles. The van der Waals surface area contributed by atoms with E-state index in [1.807, 2.05) is 18.2 Å². The third-order valence-corrected chi connectivity index (χ3v) is 4.91. The second kappa shape index (κ2) is 8.64. The summed E-state index contributed by atoms with van der Waals surface area (Å²) < 4.78 is 11.6. The summed E-state index contributed by atoms with van der Waals surface area (Å²) >= 11 is 1.40. The highest BCUT2D eigenvalue weighted by molar-refractivity contribution is 7.20. The second-order valence-corrected chi connectivity index (χ2v) is 8.23. The molecule has 1 N–H and O–H groups in total. The van der Waals surface area contributed by atoms with Crippen LogP contribution in [0.15, 0.2) is 18.2 Å². The number of ether oxygens (including phenoxy) is 2. The third-order valence-electron chi connectivity index (χ3n) is 3.77. The minimum Gasteiger partial charge on any atom is -0.496 e. The van der Waals surface area contributed by atoms with E-state index in [0.717, 1.165) is 21.4 Å². The molecule has 0 aliphatic carbocycles. The average Bonchev–Trinajstić information content (AvgIpc) is 2.98.